The number of carbonyl (C=O) groups excluding carboxylic acids is 2. The minimum atomic E-state index is 0.0596. The molecule has 0 radical (unpaired) electrons. The Balaban J connectivity index is 1.76. The third kappa shape index (κ3) is 4.09. The zero-order chi connectivity index (χ0) is 13.7. The van der Waals surface area contributed by atoms with Crippen molar-refractivity contribution < 1.29 is 9.59 Å². The van der Waals surface area contributed by atoms with Crippen molar-refractivity contribution in [1.29, 1.82) is 0 Å². The molecule has 1 unspecified atom stereocenters. The van der Waals surface area contributed by atoms with E-state index in [4.69, 9.17) is 0 Å². The highest BCUT2D eigenvalue weighted by atomic mass is 16.2. The molecule has 1 aromatic rings. The van der Waals surface area contributed by atoms with Crippen LogP contribution in [-0.2, 0) is 16.0 Å². The summed E-state index contributed by atoms with van der Waals surface area (Å²) in [4.78, 5) is 22.9. The molecule has 0 spiro atoms. The second-order valence-corrected chi connectivity index (χ2v) is 5.03. The zero-order valence-corrected chi connectivity index (χ0v) is 11.2. The molecule has 1 fully saturated rings. The number of amides is 2. The summed E-state index contributed by atoms with van der Waals surface area (Å²) in [6, 6.07) is 8.20. The molecular formula is C15H20N2O2. The highest BCUT2D eigenvalue weighted by molar-refractivity contribution is 5.79. The molecule has 1 atom stereocenters. The second-order valence-electron chi connectivity index (χ2n) is 5.03. The van der Waals surface area contributed by atoms with Crippen LogP contribution in [0.15, 0.2) is 24.3 Å². The Morgan fingerprint density at radius 2 is 2.21 bits per heavy atom. The predicted molar refractivity (Wildman–Crippen MR) is 73.7 cm³/mol. The van der Waals surface area contributed by atoms with Crippen molar-refractivity contribution in [2.45, 2.75) is 38.6 Å². The Morgan fingerprint density at radius 1 is 1.42 bits per heavy atom. The smallest absolute Gasteiger partial charge is 0.220 e. The fourth-order valence-corrected chi connectivity index (χ4v) is 2.29. The van der Waals surface area contributed by atoms with E-state index in [-0.39, 0.29) is 17.9 Å². The topological polar surface area (TPSA) is 58.2 Å². The molecule has 1 aliphatic rings. The first-order chi connectivity index (χ1) is 9.15. The summed E-state index contributed by atoms with van der Waals surface area (Å²) in [7, 11) is 0. The lowest BCUT2D eigenvalue weighted by Crippen LogP contribution is -2.47. The number of rotatable bonds is 4. The summed E-state index contributed by atoms with van der Waals surface area (Å²) in [6.45, 7) is 2.61. The van der Waals surface area contributed by atoms with Crippen LogP contribution in [-0.4, -0.2) is 24.4 Å². The minimum Gasteiger partial charge on any atom is -0.354 e. The first-order valence-electron chi connectivity index (χ1n) is 6.75. The molecule has 2 amide bonds. The number of piperidine rings is 1. The van der Waals surface area contributed by atoms with Crippen molar-refractivity contribution >= 4 is 11.8 Å². The molecule has 2 N–H and O–H groups in total. The SMILES string of the molecule is Cc1ccccc1CCC(=O)NC1CCC(=O)NC1. The molecule has 1 aromatic carbocycles. The first-order valence-corrected chi connectivity index (χ1v) is 6.75. The van der Waals surface area contributed by atoms with Gasteiger partial charge < -0.3 is 10.6 Å². The van der Waals surface area contributed by atoms with Gasteiger partial charge in [0.1, 0.15) is 0 Å². The quantitative estimate of drug-likeness (QED) is 0.858. The van der Waals surface area contributed by atoms with Crippen molar-refractivity contribution in [3.63, 3.8) is 0 Å². The van der Waals surface area contributed by atoms with Crippen LogP contribution in [0.2, 0.25) is 0 Å². The second kappa shape index (κ2) is 6.36. The normalized spacial score (nSPS) is 18.8. The lowest BCUT2D eigenvalue weighted by molar-refractivity contribution is -0.125. The maximum atomic E-state index is 11.9. The largest absolute Gasteiger partial charge is 0.354 e. The fourth-order valence-electron chi connectivity index (χ4n) is 2.29. The standard InChI is InChI=1S/C15H20N2O2/c1-11-4-2-3-5-12(11)6-8-15(19)17-13-7-9-14(18)16-10-13/h2-5,13H,6-10H2,1H3,(H,16,18)(H,17,19). The van der Waals surface area contributed by atoms with Gasteiger partial charge in [0.25, 0.3) is 0 Å². The molecule has 1 saturated heterocycles. The van der Waals surface area contributed by atoms with Gasteiger partial charge >= 0.3 is 0 Å². The average molecular weight is 260 g/mol. The number of hydrogen-bond donors (Lipinski definition) is 2. The monoisotopic (exact) mass is 260 g/mol. The van der Waals surface area contributed by atoms with Gasteiger partial charge in [0.05, 0.1) is 0 Å². The summed E-state index contributed by atoms with van der Waals surface area (Å²) < 4.78 is 0. The molecule has 1 aliphatic heterocycles. The molecule has 1 heterocycles. The Bertz CT molecular complexity index is 461. The van der Waals surface area contributed by atoms with Gasteiger partial charge in [-0.25, -0.2) is 0 Å². The van der Waals surface area contributed by atoms with Crippen LogP contribution >= 0.6 is 0 Å². The average Bonchev–Trinajstić information content (AvgIpc) is 2.40. The summed E-state index contributed by atoms with van der Waals surface area (Å²) in [6.07, 6.45) is 2.50. The van der Waals surface area contributed by atoms with Crippen LogP contribution in [0.25, 0.3) is 0 Å². The van der Waals surface area contributed by atoms with Gasteiger partial charge in [0.15, 0.2) is 0 Å². The maximum Gasteiger partial charge on any atom is 0.220 e. The van der Waals surface area contributed by atoms with E-state index in [1.807, 2.05) is 12.1 Å². The molecule has 0 saturated carbocycles. The van der Waals surface area contributed by atoms with Crippen molar-refractivity contribution in [3.8, 4) is 0 Å². The van der Waals surface area contributed by atoms with Gasteiger partial charge in [-0.1, -0.05) is 24.3 Å². The molecule has 0 aromatic heterocycles. The van der Waals surface area contributed by atoms with Crippen LogP contribution in [0.1, 0.15) is 30.4 Å². The Hall–Kier alpha value is -1.84. The number of carbonyl (C=O) groups is 2. The lowest BCUT2D eigenvalue weighted by atomic mass is 10.0. The molecule has 0 bridgehead atoms. The van der Waals surface area contributed by atoms with E-state index in [0.29, 0.717) is 19.4 Å². The molecule has 0 aliphatic carbocycles. The van der Waals surface area contributed by atoms with Crippen LogP contribution < -0.4 is 10.6 Å². The van der Waals surface area contributed by atoms with Crippen LogP contribution in [0.3, 0.4) is 0 Å². The number of nitrogens with one attached hydrogen (secondary N) is 2. The number of benzene rings is 1. The fraction of sp³-hybridized carbons (Fsp3) is 0.467. The van der Waals surface area contributed by atoms with E-state index < -0.39 is 0 Å². The molecular weight excluding hydrogens is 240 g/mol. The summed E-state index contributed by atoms with van der Waals surface area (Å²) in [5.74, 6) is 0.134. The van der Waals surface area contributed by atoms with Crippen molar-refractivity contribution in [2.24, 2.45) is 0 Å². The van der Waals surface area contributed by atoms with Crippen molar-refractivity contribution in [2.75, 3.05) is 6.54 Å². The van der Waals surface area contributed by atoms with E-state index in [9.17, 15) is 9.59 Å². The van der Waals surface area contributed by atoms with E-state index >= 15 is 0 Å². The Labute approximate surface area is 113 Å². The van der Waals surface area contributed by atoms with Gasteiger partial charge in [-0.2, -0.15) is 0 Å². The van der Waals surface area contributed by atoms with E-state index in [0.717, 1.165) is 12.8 Å². The van der Waals surface area contributed by atoms with Gasteiger partial charge in [-0.15, -0.1) is 0 Å². The van der Waals surface area contributed by atoms with Crippen LogP contribution in [0.5, 0.6) is 0 Å². The van der Waals surface area contributed by atoms with Crippen LogP contribution in [0, 0.1) is 6.92 Å². The van der Waals surface area contributed by atoms with E-state index in [1.165, 1.54) is 11.1 Å². The molecule has 102 valence electrons. The molecule has 2 rings (SSSR count). The van der Waals surface area contributed by atoms with Crippen molar-refractivity contribution in [3.05, 3.63) is 35.4 Å². The Kier molecular flexibility index (Phi) is 4.55. The molecule has 4 nitrogen and oxygen atoms in total. The number of aryl methyl sites for hydroxylation is 2. The summed E-state index contributed by atoms with van der Waals surface area (Å²) in [5, 5.41) is 5.74. The van der Waals surface area contributed by atoms with Gasteiger partial charge in [0, 0.05) is 25.4 Å². The van der Waals surface area contributed by atoms with Gasteiger partial charge in [-0.3, -0.25) is 9.59 Å². The Morgan fingerprint density at radius 3 is 2.89 bits per heavy atom. The predicted octanol–water partition coefficient (Wildman–Crippen LogP) is 1.32. The number of hydrogen-bond acceptors (Lipinski definition) is 2. The summed E-state index contributed by atoms with van der Waals surface area (Å²) in [5.41, 5.74) is 2.44. The van der Waals surface area contributed by atoms with Gasteiger partial charge in [-0.05, 0) is 30.9 Å². The van der Waals surface area contributed by atoms with Crippen molar-refractivity contribution in [1.82, 2.24) is 10.6 Å². The maximum absolute atomic E-state index is 11.9. The molecule has 19 heavy (non-hydrogen) atoms. The highest BCUT2D eigenvalue weighted by Gasteiger charge is 2.19. The van der Waals surface area contributed by atoms with E-state index in [2.05, 4.69) is 29.7 Å². The zero-order valence-electron chi connectivity index (χ0n) is 11.2. The lowest BCUT2D eigenvalue weighted by Gasteiger charge is -2.23. The first kappa shape index (κ1) is 13.6. The highest BCUT2D eigenvalue weighted by Crippen LogP contribution is 2.10. The molecule has 4 heteroatoms. The minimum absolute atomic E-state index is 0.0596. The third-order valence-electron chi connectivity index (χ3n) is 3.51. The van der Waals surface area contributed by atoms with Crippen LogP contribution in [0.4, 0.5) is 0 Å². The van der Waals surface area contributed by atoms with E-state index in [1.54, 1.807) is 0 Å². The summed E-state index contributed by atoms with van der Waals surface area (Å²) >= 11 is 0. The van der Waals surface area contributed by atoms with Gasteiger partial charge in [0.2, 0.25) is 11.8 Å². The third-order valence-corrected chi connectivity index (χ3v) is 3.51.